The quantitative estimate of drug-likeness (QED) is 0.353. The summed E-state index contributed by atoms with van der Waals surface area (Å²) in [5.41, 5.74) is -1.35. The number of aliphatic carboxylic acids is 1. The molecular weight excluding hydrogens is 492 g/mol. The highest BCUT2D eigenvalue weighted by atomic mass is 16.7. The minimum absolute atomic E-state index is 0.0532. The predicted octanol–water partition coefficient (Wildman–Crippen LogP) is 5.95. The molecule has 5 fully saturated rings. The standard InChI is InChI=1S/C33H52O6/c1-19-11-14-33(26(35)36)16-15-30(6)20(24(33)32(19,8)37)9-10-23-28(4)17-21(34)25-29(5,18-38-27(2,3)39-25)22(28)12-13-31(23,30)7/h9,19,21-25,34,37H,10-18H2,1-8H3,(H,35,36). The summed E-state index contributed by atoms with van der Waals surface area (Å²) in [4.78, 5) is 12.9. The third-order valence-electron chi connectivity index (χ3n) is 14.3. The Hall–Kier alpha value is -0.950. The highest BCUT2D eigenvalue weighted by Gasteiger charge is 2.73. The van der Waals surface area contributed by atoms with Crippen LogP contribution in [0.15, 0.2) is 11.6 Å². The van der Waals surface area contributed by atoms with E-state index >= 15 is 0 Å². The molecule has 1 saturated heterocycles. The summed E-state index contributed by atoms with van der Waals surface area (Å²) in [5.74, 6) is -1.02. The van der Waals surface area contributed by atoms with E-state index in [4.69, 9.17) is 9.47 Å². The van der Waals surface area contributed by atoms with Crippen molar-refractivity contribution in [2.24, 2.45) is 50.7 Å². The van der Waals surface area contributed by atoms with Gasteiger partial charge in [0.1, 0.15) is 0 Å². The number of carbonyl (C=O) groups is 1. The van der Waals surface area contributed by atoms with Crippen molar-refractivity contribution in [2.45, 2.75) is 130 Å². The average Bonchev–Trinajstić information content (AvgIpc) is 2.83. The number of allylic oxidation sites excluding steroid dienone is 1. The minimum atomic E-state index is -1.06. The molecule has 0 radical (unpaired) electrons. The number of carboxylic acids is 1. The second-order valence-corrected chi connectivity index (χ2v) is 16.4. The Morgan fingerprint density at radius 2 is 1.64 bits per heavy atom. The molecule has 1 aliphatic heterocycles. The molecular formula is C33H52O6. The highest BCUT2D eigenvalue weighted by molar-refractivity contribution is 5.77. The van der Waals surface area contributed by atoms with E-state index in [1.54, 1.807) is 0 Å². The van der Waals surface area contributed by atoms with Gasteiger partial charge in [0.15, 0.2) is 5.79 Å². The van der Waals surface area contributed by atoms with Crippen LogP contribution in [-0.4, -0.2) is 51.5 Å². The summed E-state index contributed by atoms with van der Waals surface area (Å²) in [6.07, 6.45) is 8.09. The summed E-state index contributed by atoms with van der Waals surface area (Å²) in [6.45, 7) is 18.0. The van der Waals surface area contributed by atoms with E-state index in [0.717, 1.165) is 32.1 Å². The lowest BCUT2D eigenvalue weighted by Gasteiger charge is -2.73. The Balaban J connectivity index is 1.44. The van der Waals surface area contributed by atoms with Crippen LogP contribution in [0.3, 0.4) is 0 Å². The topological polar surface area (TPSA) is 96.2 Å². The number of hydrogen-bond acceptors (Lipinski definition) is 5. The van der Waals surface area contributed by atoms with Gasteiger partial charge in [0.2, 0.25) is 0 Å². The molecule has 4 saturated carbocycles. The third kappa shape index (κ3) is 3.32. The largest absolute Gasteiger partial charge is 0.481 e. The average molecular weight is 545 g/mol. The van der Waals surface area contributed by atoms with Gasteiger partial charge in [0.05, 0.1) is 29.8 Å². The van der Waals surface area contributed by atoms with Crippen molar-refractivity contribution < 1.29 is 29.6 Å². The van der Waals surface area contributed by atoms with Crippen molar-refractivity contribution in [2.75, 3.05) is 6.61 Å². The summed E-state index contributed by atoms with van der Waals surface area (Å²) in [6, 6.07) is 0. The SMILES string of the molecule is CC1CCC2(C(=O)O)CCC3(C)C(=CCC4C5(C)CC(O)C6OC(C)(C)OCC6(C)C5CCC43C)C2C1(C)O. The Morgan fingerprint density at radius 3 is 2.31 bits per heavy atom. The molecule has 3 N–H and O–H groups in total. The van der Waals surface area contributed by atoms with Gasteiger partial charge in [-0.15, -0.1) is 0 Å². The van der Waals surface area contributed by atoms with Crippen LogP contribution in [-0.2, 0) is 14.3 Å². The molecule has 6 aliphatic rings. The van der Waals surface area contributed by atoms with Gasteiger partial charge in [0.25, 0.3) is 0 Å². The second kappa shape index (κ2) is 8.11. The fraction of sp³-hybridized carbons (Fsp3) is 0.909. The summed E-state index contributed by atoms with van der Waals surface area (Å²) >= 11 is 0. The van der Waals surface area contributed by atoms with Crippen molar-refractivity contribution in [1.82, 2.24) is 0 Å². The van der Waals surface area contributed by atoms with Crippen molar-refractivity contribution in [3.8, 4) is 0 Å². The lowest BCUT2D eigenvalue weighted by molar-refractivity contribution is -0.368. The van der Waals surface area contributed by atoms with Crippen molar-refractivity contribution >= 4 is 5.97 Å². The van der Waals surface area contributed by atoms with Gasteiger partial charge in [-0.1, -0.05) is 46.3 Å². The number of hydrogen-bond donors (Lipinski definition) is 3. The van der Waals surface area contributed by atoms with E-state index < -0.39 is 28.9 Å². The summed E-state index contributed by atoms with van der Waals surface area (Å²) in [7, 11) is 0. The molecule has 0 aromatic heterocycles. The molecule has 1 heterocycles. The van der Waals surface area contributed by atoms with Gasteiger partial charge in [-0.25, -0.2) is 0 Å². The summed E-state index contributed by atoms with van der Waals surface area (Å²) < 4.78 is 12.7. The maximum absolute atomic E-state index is 12.9. The monoisotopic (exact) mass is 544 g/mol. The van der Waals surface area contributed by atoms with E-state index in [2.05, 4.69) is 40.7 Å². The lowest BCUT2D eigenvalue weighted by Crippen LogP contribution is -2.71. The Kier molecular flexibility index (Phi) is 5.86. The van der Waals surface area contributed by atoms with E-state index in [1.807, 2.05) is 20.8 Å². The molecule has 12 unspecified atom stereocenters. The number of rotatable bonds is 1. The fourth-order valence-corrected chi connectivity index (χ4v) is 11.8. The Labute approximate surface area is 234 Å². The molecule has 6 heteroatoms. The number of fused-ring (bicyclic) bond motifs is 9. The van der Waals surface area contributed by atoms with Crippen LogP contribution in [0.4, 0.5) is 0 Å². The van der Waals surface area contributed by atoms with Gasteiger partial charge in [-0.3, -0.25) is 4.79 Å². The van der Waals surface area contributed by atoms with Crippen LogP contribution in [0.5, 0.6) is 0 Å². The number of carboxylic acid groups (broad SMARTS) is 1. The Bertz CT molecular complexity index is 1100. The second-order valence-electron chi connectivity index (χ2n) is 16.4. The van der Waals surface area contributed by atoms with E-state index in [0.29, 0.717) is 37.7 Å². The van der Waals surface area contributed by atoms with E-state index in [-0.39, 0.29) is 39.6 Å². The zero-order chi connectivity index (χ0) is 28.6. The minimum Gasteiger partial charge on any atom is -0.481 e. The number of aliphatic hydroxyl groups is 2. The fourth-order valence-electron chi connectivity index (χ4n) is 11.8. The molecule has 39 heavy (non-hydrogen) atoms. The first-order chi connectivity index (χ1) is 17.9. The van der Waals surface area contributed by atoms with Gasteiger partial charge in [0, 0.05) is 11.3 Å². The van der Waals surface area contributed by atoms with Crippen LogP contribution in [0.1, 0.15) is 107 Å². The highest BCUT2D eigenvalue weighted by Crippen LogP contribution is 2.76. The van der Waals surface area contributed by atoms with Crippen LogP contribution in [0.25, 0.3) is 0 Å². The van der Waals surface area contributed by atoms with Crippen molar-refractivity contribution in [3.63, 3.8) is 0 Å². The first kappa shape index (κ1) is 28.2. The van der Waals surface area contributed by atoms with Crippen molar-refractivity contribution in [1.29, 1.82) is 0 Å². The molecule has 6 rings (SSSR count). The van der Waals surface area contributed by atoms with Gasteiger partial charge in [-0.2, -0.15) is 0 Å². The zero-order valence-corrected chi connectivity index (χ0v) is 25.5. The summed E-state index contributed by atoms with van der Waals surface area (Å²) in [5, 5.41) is 34.3. The number of aliphatic hydroxyl groups excluding tert-OH is 1. The predicted molar refractivity (Wildman–Crippen MR) is 149 cm³/mol. The third-order valence-corrected chi connectivity index (χ3v) is 14.3. The smallest absolute Gasteiger partial charge is 0.310 e. The first-order valence-corrected chi connectivity index (χ1v) is 15.6. The van der Waals surface area contributed by atoms with Crippen LogP contribution in [0, 0.1) is 50.7 Å². The molecule has 5 aliphatic carbocycles. The maximum Gasteiger partial charge on any atom is 0.310 e. The molecule has 0 aromatic rings. The maximum atomic E-state index is 12.9. The van der Waals surface area contributed by atoms with Crippen LogP contribution < -0.4 is 0 Å². The Morgan fingerprint density at radius 1 is 0.949 bits per heavy atom. The first-order valence-electron chi connectivity index (χ1n) is 15.6. The van der Waals surface area contributed by atoms with Gasteiger partial charge < -0.3 is 24.8 Å². The molecule has 0 spiro atoms. The van der Waals surface area contributed by atoms with Gasteiger partial charge in [-0.05, 0) is 106 Å². The molecule has 220 valence electrons. The van der Waals surface area contributed by atoms with Crippen LogP contribution in [0.2, 0.25) is 0 Å². The number of ether oxygens (including phenoxy) is 2. The molecule has 0 aromatic carbocycles. The van der Waals surface area contributed by atoms with E-state index in [9.17, 15) is 20.1 Å². The molecule has 6 nitrogen and oxygen atoms in total. The van der Waals surface area contributed by atoms with Crippen LogP contribution >= 0.6 is 0 Å². The normalized spacial score (nSPS) is 58.1. The molecule has 0 bridgehead atoms. The lowest BCUT2D eigenvalue weighted by atomic mass is 9.33. The van der Waals surface area contributed by atoms with E-state index in [1.165, 1.54) is 5.57 Å². The van der Waals surface area contributed by atoms with Gasteiger partial charge >= 0.3 is 5.97 Å². The molecule has 0 amide bonds. The zero-order valence-electron chi connectivity index (χ0n) is 25.5. The van der Waals surface area contributed by atoms with Crippen molar-refractivity contribution in [3.05, 3.63) is 11.6 Å². The molecule has 12 atom stereocenters.